The van der Waals surface area contributed by atoms with Crippen molar-refractivity contribution in [1.82, 2.24) is 9.80 Å². The molecule has 160 valence electrons. The number of carbonyl (C=O) groups excluding carboxylic acids is 1. The summed E-state index contributed by atoms with van der Waals surface area (Å²) in [6.45, 7) is 4.19. The summed E-state index contributed by atoms with van der Waals surface area (Å²) in [5.41, 5.74) is 0.924. The van der Waals surface area contributed by atoms with Gasteiger partial charge in [0.05, 0.1) is 40.1 Å². The first kappa shape index (κ1) is 20.3. The number of carbonyl (C=O) groups is 1. The molecule has 1 aromatic carbocycles. The Morgan fingerprint density at radius 1 is 1.07 bits per heavy atom. The molecule has 29 heavy (non-hydrogen) atoms. The van der Waals surface area contributed by atoms with Gasteiger partial charge < -0.3 is 28.6 Å². The fraction of sp³-hybridized carbons (Fsp3) is 0.667. The van der Waals surface area contributed by atoms with E-state index < -0.39 is 5.79 Å². The van der Waals surface area contributed by atoms with E-state index >= 15 is 0 Å². The summed E-state index contributed by atoms with van der Waals surface area (Å²) >= 11 is 0. The monoisotopic (exact) mass is 406 g/mol. The number of methoxy groups -OCH3 is 3. The van der Waals surface area contributed by atoms with Crippen LogP contribution < -0.4 is 14.2 Å². The lowest BCUT2D eigenvalue weighted by Gasteiger charge is -2.43. The minimum absolute atomic E-state index is 0.0891. The molecule has 0 N–H and O–H groups in total. The largest absolute Gasteiger partial charge is 0.496 e. The fourth-order valence-electron chi connectivity index (χ4n) is 4.20. The van der Waals surface area contributed by atoms with E-state index in [-0.39, 0.29) is 11.9 Å². The minimum atomic E-state index is -0.470. The van der Waals surface area contributed by atoms with Gasteiger partial charge in [0.25, 0.3) is 0 Å². The molecule has 3 heterocycles. The quantitative estimate of drug-likeness (QED) is 0.666. The molecule has 4 rings (SSSR count). The van der Waals surface area contributed by atoms with Crippen LogP contribution in [0.5, 0.6) is 17.2 Å². The maximum atomic E-state index is 13.0. The average molecular weight is 406 g/mol. The maximum absolute atomic E-state index is 13.0. The normalized spacial score (nSPS) is 25.6. The van der Waals surface area contributed by atoms with Crippen LogP contribution in [0.4, 0.5) is 0 Å². The molecule has 3 fully saturated rings. The highest BCUT2D eigenvalue weighted by molar-refractivity contribution is 5.85. The second kappa shape index (κ2) is 8.38. The molecule has 0 bridgehead atoms. The van der Waals surface area contributed by atoms with E-state index in [1.54, 1.807) is 21.3 Å². The molecule has 3 aliphatic rings. The second-order valence-electron chi connectivity index (χ2n) is 7.74. The van der Waals surface area contributed by atoms with Crippen LogP contribution in [0.2, 0.25) is 0 Å². The first-order chi connectivity index (χ1) is 14.1. The number of piperidine rings is 1. The average Bonchev–Trinajstić information content (AvgIpc) is 3.53. The summed E-state index contributed by atoms with van der Waals surface area (Å²) in [7, 11) is 4.86. The molecule has 0 radical (unpaired) electrons. The van der Waals surface area contributed by atoms with E-state index in [0.717, 1.165) is 44.6 Å². The number of amides is 1. The van der Waals surface area contributed by atoms with Crippen molar-refractivity contribution >= 4 is 5.91 Å². The van der Waals surface area contributed by atoms with E-state index in [0.29, 0.717) is 36.9 Å². The number of nitrogens with zero attached hydrogens (tertiary/aromatic N) is 2. The number of hydrogen-bond acceptors (Lipinski definition) is 7. The van der Waals surface area contributed by atoms with Crippen LogP contribution in [-0.2, 0) is 20.8 Å². The van der Waals surface area contributed by atoms with Crippen LogP contribution >= 0.6 is 0 Å². The Labute approximate surface area is 171 Å². The van der Waals surface area contributed by atoms with Crippen LogP contribution in [0.25, 0.3) is 0 Å². The highest BCUT2D eigenvalue weighted by Gasteiger charge is 2.46. The lowest BCUT2D eigenvalue weighted by Crippen LogP contribution is -2.52. The molecule has 0 aliphatic carbocycles. The maximum Gasteiger partial charge on any atom is 0.241 e. The van der Waals surface area contributed by atoms with Gasteiger partial charge in [-0.15, -0.1) is 0 Å². The molecule has 1 amide bonds. The third-order valence-electron chi connectivity index (χ3n) is 6.03. The first-order valence-electron chi connectivity index (χ1n) is 10.2. The number of ether oxygens (including phenoxy) is 5. The fourth-order valence-corrected chi connectivity index (χ4v) is 4.20. The van der Waals surface area contributed by atoms with Crippen LogP contribution in [-0.4, -0.2) is 81.7 Å². The number of benzene rings is 1. The molecule has 3 aliphatic heterocycles. The highest BCUT2D eigenvalue weighted by atomic mass is 16.7. The van der Waals surface area contributed by atoms with Crippen molar-refractivity contribution in [3.8, 4) is 17.2 Å². The molecule has 2 atom stereocenters. The van der Waals surface area contributed by atoms with Crippen molar-refractivity contribution in [2.45, 2.75) is 37.6 Å². The van der Waals surface area contributed by atoms with E-state index in [4.69, 9.17) is 23.7 Å². The van der Waals surface area contributed by atoms with Gasteiger partial charge in [0.2, 0.25) is 5.91 Å². The van der Waals surface area contributed by atoms with E-state index in [2.05, 4.69) is 4.90 Å². The van der Waals surface area contributed by atoms with Crippen LogP contribution in [0.1, 0.15) is 24.8 Å². The van der Waals surface area contributed by atoms with Gasteiger partial charge in [0.1, 0.15) is 23.3 Å². The third kappa shape index (κ3) is 4.15. The van der Waals surface area contributed by atoms with Crippen molar-refractivity contribution in [3.05, 3.63) is 17.7 Å². The van der Waals surface area contributed by atoms with E-state index in [1.807, 2.05) is 17.0 Å². The summed E-state index contributed by atoms with van der Waals surface area (Å²) < 4.78 is 28.1. The molecule has 8 nitrogen and oxygen atoms in total. The lowest BCUT2D eigenvalue weighted by molar-refractivity contribution is -0.282. The van der Waals surface area contributed by atoms with Crippen molar-refractivity contribution in [1.29, 1.82) is 0 Å². The van der Waals surface area contributed by atoms with Gasteiger partial charge in [-0.05, 0) is 6.42 Å². The molecular weight excluding hydrogens is 376 g/mol. The number of hydrogen-bond donors (Lipinski definition) is 0. The Morgan fingerprint density at radius 3 is 2.24 bits per heavy atom. The SMILES string of the molecule is COc1cc(OC)c(CN2CC2C(=O)N2CCC3(CC2)OCCCO3)c(OC)c1. The highest BCUT2D eigenvalue weighted by Crippen LogP contribution is 2.38. The Bertz CT molecular complexity index is 714. The molecule has 0 saturated carbocycles. The van der Waals surface area contributed by atoms with Crippen LogP contribution in [0, 0.1) is 0 Å². The molecule has 3 saturated heterocycles. The predicted octanol–water partition coefficient (Wildman–Crippen LogP) is 1.65. The van der Waals surface area contributed by atoms with Crippen molar-refractivity contribution < 1.29 is 28.5 Å². The summed E-state index contributed by atoms with van der Waals surface area (Å²) in [6.07, 6.45) is 2.43. The summed E-state index contributed by atoms with van der Waals surface area (Å²) in [4.78, 5) is 17.0. The zero-order valence-electron chi connectivity index (χ0n) is 17.4. The second-order valence-corrected chi connectivity index (χ2v) is 7.74. The zero-order chi connectivity index (χ0) is 20.4. The Morgan fingerprint density at radius 2 is 1.69 bits per heavy atom. The van der Waals surface area contributed by atoms with E-state index in [1.165, 1.54) is 0 Å². The third-order valence-corrected chi connectivity index (χ3v) is 6.03. The zero-order valence-corrected chi connectivity index (χ0v) is 17.4. The van der Waals surface area contributed by atoms with Gasteiger partial charge in [0, 0.05) is 51.2 Å². The van der Waals surface area contributed by atoms with Gasteiger partial charge in [-0.2, -0.15) is 0 Å². The molecular formula is C21H30N2O6. The van der Waals surface area contributed by atoms with Crippen molar-refractivity contribution in [2.24, 2.45) is 0 Å². The van der Waals surface area contributed by atoms with E-state index in [9.17, 15) is 4.79 Å². The van der Waals surface area contributed by atoms with Crippen LogP contribution in [0.3, 0.4) is 0 Å². The first-order valence-corrected chi connectivity index (χ1v) is 10.2. The van der Waals surface area contributed by atoms with Gasteiger partial charge in [-0.3, -0.25) is 9.69 Å². The molecule has 1 aromatic rings. The summed E-state index contributed by atoms with van der Waals surface area (Å²) in [5, 5.41) is 0. The van der Waals surface area contributed by atoms with Gasteiger partial charge in [0.15, 0.2) is 5.79 Å². The molecule has 2 unspecified atom stereocenters. The summed E-state index contributed by atoms with van der Waals surface area (Å²) in [6, 6.07) is 3.59. The topological polar surface area (TPSA) is 69.5 Å². The minimum Gasteiger partial charge on any atom is -0.496 e. The Kier molecular flexibility index (Phi) is 5.85. The van der Waals surface area contributed by atoms with Gasteiger partial charge in [-0.1, -0.05) is 0 Å². The Hall–Kier alpha value is -2.03. The van der Waals surface area contributed by atoms with Gasteiger partial charge >= 0.3 is 0 Å². The molecule has 1 spiro atoms. The van der Waals surface area contributed by atoms with Crippen LogP contribution in [0.15, 0.2) is 12.1 Å². The molecule has 8 heteroatoms. The van der Waals surface area contributed by atoms with Gasteiger partial charge in [-0.25, -0.2) is 0 Å². The number of rotatable bonds is 6. The van der Waals surface area contributed by atoms with Crippen molar-refractivity contribution in [3.63, 3.8) is 0 Å². The Balaban J connectivity index is 1.36. The van der Waals surface area contributed by atoms with Crippen molar-refractivity contribution in [2.75, 3.05) is 54.2 Å². The standard InChI is InChI=1S/C21H30N2O6/c1-25-15-11-18(26-2)16(19(12-15)27-3)13-23-14-17(23)20(24)22-7-5-21(6-8-22)28-9-4-10-29-21/h11-12,17H,4-10,13-14H2,1-3H3. The lowest BCUT2D eigenvalue weighted by atomic mass is 10.0. The number of likely N-dealkylation sites (tertiary alicyclic amines) is 1. The smallest absolute Gasteiger partial charge is 0.241 e. The molecule has 0 aromatic heterocycles. The predicted molar refractivity (Wildman–Crippen MR) is 105 cm³/mol. The summed E-state index contributed by atoms with van der Waals surface area (Å²) in [5.74, 6) is 1.79.